The Labute approximate surface area is 286 Å². The van der Waals surface area contributed by atoms with Gasteiger partial charge in [0.05, 0.1) is 27.1 Å². The van der Waals surface area contributed by atoms with E-state index < -0.39 is 0 Å². The average Bonchev–Trinajstić information content (AvgIpc) is 3.56. The SMILES string of the molecule is c1ccc(-c2nc(-c3ccc(-c4nc(-c5ccc6c(ccc7ccccc76)c5)nc5ccccc45)cc3)nc3c2sc2ccccc23)cc1. The van der Waals surface area contributed by atoms with Gasteiger partial charge in [0.1, 0.15) is 0 Å². The third-order valence-corrected chi connectivity index (χ3v) is 10.5. The minimum atomic E-state index is 0.707. The van der Waals surface area contributed by atoms with E-state index in [1.807, 2.05) is 18.2 Å². The van der Waals surface area contributed by atoms with Crippen molar-refractivity contribution in [3.05, 3.63) is 158 Å². The predicted molar refractivity (Wildman–Crippen MR) is 205 cm³/mol. The number of rotatable bonds is 4. The summed E-state index contributed by atoms with van der Waals surface area (Å²) in [5.41, 5.74) is 7.81. The zero-order valence-electron chi connectivity index (χ0n) is 26.2. The Balaban J connectivity index is 1.10. The first-order chi connectivity index (χ1) is 24.3. The van der Waals surface area contributed by atoms with Crippen molar-refractivity contribution in [2.24, 2.45) is 0 Å². The van der Waals surface area contributed by atoms with Crippen molar-refractivity contribution in [3.8, 4) is 45.3 Å². The smallest absolute Gasteiger partial charge is 0.160 e. The number of nitrogens with zero attached hydrogens (tertiary/aromatic N) is 4. The van der Waals surface area contributed by atoms with Gasteiger partial charge in [-0.1, -0.05) is 140 Å². The molecule has 49 heavy (non-hydrogen) atoms. The van der Waals surface area contributed by atoms with Crippen LogP contribution >= 0.6 is 11.3 Å². The summed E-state index contributed by atoms with van der Waals surface area (Å²) in [6.45, 7) is 0. The number of hydrogen-bond acceptors (Lipinski definition) is 5. The van der Waals surface area contributed by atoms with Gasteiger partial charge in [0, 0.05) is 37.7 Å². The van der Waals surface area contributed by atoms with Crippen LogP contribution in [0.1, 0.15) is 0 Å². The van der Waals surface area contributed by atoms with E-state index in [-0.39, 0.29) is 0 Å². The zero-order chi connectivity index (χ0) is 32.3. The Morgan fingerprint density at radius 2 is 0.980 bits per heavy atom. The van der Waals surface area contributed by atoms with Gasteiger partial charge in [0.2, 0.25) is 0 Å². The lowest BCUT2D eigenvalue weighted by Gasteiger charge is -2.11. The van der Waals surface area contributed by atoms with E-state index in [0.29, 0.717) is 11.6 Å². The number of aromatic nitrogens is 4. The Hall–Kier alpha value is -6.30. The number of benzene rings is 7. The molecule has 10 rings (SSSR count). The van der Waals surface area contributed by atoms with Gasteiger partial charge >= 0.3 is 0 Å². The average molecular weight is 643 g/mol. The fraction of sp³-hybridized carbons (Fsp3) is 0. The van der Waals surface area contributed by atoms with Crippen LogP contribution < -0.4 is 0 Å². The second kappa shape index (κ2) is 11.2. The molecule has 0 fully saturated rings. The Kier molecular flexibility index (Phi) is 6.32. The van der Waals surface area contributed by atoms with E-state index in [9.17, 15) is 0 Å². The summed E-state index contributed by atoms with van der Waals surface area (Å²) in [4.78, 5) is 20.5. The first-order valence-corrected chi connectivity index (χ1v) is 17.1. The molecule has 0 bridgehead atoms. The molecule has 0 spiro atoms. The molecule has 0 aliphatic rings. The van der Waals surface area contributed by atoms with E-state index in [2.05, 4.69) is 140 Å². The predicted octanol–water partition coefficient (Wildman–Crippen LogP) is 11.8. The van der Waals surface area contributed by atoms with Crippen molar-refractivity contribution in [3.63, 3.8) is 0 Å². The minimum Gasteiger partial charge on any atom is -0.228 e. The van der Waals surface area contributed by atoms with Crippen LogP contribution in [0.3, 0.4) is 0 Å². The lowest BCUT2D eigenvalue weighted by Crippen LogP contribution is -1.96. The molecule has 0 aliphatic carbocycles. The Morgan fingerprint density at radius 1 is 0.367 bits per heavy atom. The second-order valence-corrected chi connectivity index (χ2v) is 13.3. The second-order valence-electron chi connectivity index (χ2n) is 12.3. The molecule has 10 aromatic rings. The van der Waals surface area contributed by atoms with Crippen LogP contribution in [-0.4, -0.2) is 19.9 Å². The van der Waals surface area contributed by atoms with E-state index in [0.717, 1.165) is 60.1 Å². The molecule has 0 N–H and O–H groups in total. The van der Waals surface area contributed by atoms with Gasteiger partial charge in [0.25, 0.3) is 0 Å². The van der Waals surface area contributed by atoms with Crippen LogP contribution in [0.15, 0.2) is 158 Å². The van der Waals surface area contributed by atoms with E-state index in [4.69, 9.17) is 19.9 Å². The van der Waals surface area contributed by atoms with Crippen LogP contribution in [0.2, 0.25) is 0 Å². The molecule has 0 atom stereocenters. The summed E-state index contributed by atoms with van der Waals surface area (Å²) in [6.07, 6.45) is 0. The number of fused-ring (bicyclic) bond motifs is 7. The quantitative estimate of drug-likeness (QED) is 0.179. The Bertz CT molecular complexity index is 2880. The van der Waals surface area contributed by atoms with Crippen molar-refractivity contribution < 1.29 is 0 Å². The summed E-state index contributed by atoms with van der Waals surface area (Å²) < 4.78 is 2.32. The molecule has 7 aromatic carbocycles. The van der Waals surface area contributed by atoms with Crippen molar-refractivity contribution >= 4 is 64.1 Å². The monoisotopic (exact) mass is 642 g/mol. The highest BCUT2D eigenvalue weighted by molar-refractivity contribution is 7.26. The maximum Gasteiger partial charge on any atom is 0.160 e. The molecule has 228 valence electrons. The van der Waals surface area contributed by atoms with Crippen molar-refractivity contribution in [1.29, 1.82) is 0 Å². The number of thiophene rings is 1. The van der Waals surface area contributed by atoms with Crippen molar-refractivity contribution in [1.82, 2.24) is 19.9 Å². The summed E-state index contributed by atoms with van der Waals surface area (Å²) in [6, 6.07) is 55.0. The molecule has 0 saturated heterocycles. The van der Waals surface area contributed by atoms with Gasteiger partial charge in [-0.25, -0.2) is 19.9 Å². The van der Waals surface area contributed by atoms with Crippen LogP contribution in [0.25, 0.3) is 98.0 Å². The van der Waals surface area contributed by atoms with Crippen molar-refractivity contribution in [2.45, 2.75) is 0 Å². The zero-order valence-corrected chi connectivity index (χ0v) is 27.0. The molecule has 3 aromatic heterocycles. The molecule has 0 radical (unpaired) electrons. The molecule has 0 amide bonds. The maximum absolute atomic E-state index is 5.19. The van der Waals surface area contributed by atoms with Gasteiger partial charge in [-0.3, -0.25) is 0 Å². The van der Waals surface area contributed by atoms with E-state index >= 15 is 0 Å². The first kappa shape index (κ1) is 27.8. The fourth-order valence-electron chi connectivity index (χ4n) is 6.87. The molecule has 4 nitrogen and oxygen atoms in total. The number of hydrogen-bond donors (Lipinski definition) is 0. The van der Waals surface area contributed by atoms with Gasteiger partial charge in [-0.2, -0.15) is 0 Å². The molecule has 0 aliphatic heterocycles. The third-order valence-electron chi connectivity index (χ3n) is 9.29. The van der Waals surface area contributed by atoms with Gasteiger partial charge in [-0.15, -0.1) is 11.3 Å². The summed E-state index contributed by atoms with van der Waals surface area (Å²) in [5.74, 6) is 1.41. The van der Waals surface area contributed by atoms with Crippen LogP contribution in [0.5, 0.6) is 0 Å². The first-order valence-electron chi connectivity index (χ1n) is 16.3. The highest BCUT2D eigenvalue weighted by atomic mass is 32.1. The maximum atomic E-state index is 5.19. The minimum absolute atomic E-state index is 0.707. The van der Waals surface area contributed by atoms with E-state index in [1.165, 1.54) is 26.2 Å². The fourth-order valence-corrected chi connectivity index (χ4v) is 8.02. The molecule has 5 heteroatoms. The van der Waals surface area contributed by atoms with Crippen molar-refractivity contribution in [2.75, 3.05) is 0 Å². The van der Waals surface area contributed by atoms with E-state index in [1.54, 1.807) is 11.3 Å². The van der Waals surface area contributed by atoms with Crippen LogP contribution in [0.4, 0.5) is 0 Å². The lowest BCUT2D eigenvalue weighted by molar-refractivity contribution is 1.23. The molecule has 0 saturated carbocycles. The molecular formula is C44H26N4S. The highest BCUT2D eigenvalue weighted by Crippen LogP contribution is 2.40. The largest absolute Gasteiger partial charge is 0.228 e. The summed E-state index contributed by atoms with van der Waals surface area (Å²) in [5, 5.41) is 7.05. The molecule has 0 unspecified atom stereocenters. The number of para-hydroxylation sites is 1. The summed E-state index contributed by atoms with van der Waals surface area (Å²) >= 11 is 1.75. The van der Waals surface area contributed by atoms with Crippen LogP contribution in [0, 0.1) is 0 Å². The highest BCUT2D eigenvalue weighted by Gasteiger charge is 2.17. The van der Waals surface area contributed by atoms with Gasteiger partial charge < -0.3 is 0 Å². The van der Waals surface area contributed by atoms with Gasteiger partial charge in [0.15, 0.2) is 11.6 Å². The van der Waals surface area contributed by atoms with Crippen LogP contribution in [-0.2, 0) is 0 Å². The topological polar surface area (TPSA) is 51.6 Å². The standard InChI is InChI=1S/C44H26N4S/c1-2-11-28(12-3-1)40-42-41(36-15-7-9-17-38(36)49-42)48-43(47-40)30-21-19-29(20-22-30)39-35-14-6-8-16-37(35)45-44(46-39)32-24-25-34-31(26-32)23-18-27-10-4-5-13-33(27)34/h1-26H. The third kappa shape index (κ3) is 4.66. The normalized spacial score (nSPS) is 11.7. The lowest BCUT2D eigenvalue weighted by atomic mass is 9.99. The molecule has 3 heterocycles. The van der Waals surface area contributed by atoms with Gasteiger partial charge in [-0.05, 0) is 39.7 Å². The Morgan fingerprint density at radius 3 is 1.86 bits per heavy atom. The summed E-state index contributed by atoms with van der Waals surface area (Å²) in [7, 11) is 0. The molecular weight excluding hydrogens is 617 g/mol.